The molecule has 2 aliphatic rings. The Bertz CT molecular complexity index is 1130. The lowest BCUT2D eigenvalue weighted by Gasteiger charge is -2.34. The third-order valence-corrected chi connectivity index (χ3v) is 5.56. The van der Waals surface area contributed by atoms with Gasteiger partial charge in [-0.2, -0.15) is 0 Å². The third kappa shape index (κ3) is 3.96. The van der Waals surface area contributed by atoms with Crippen molar-refractivity contribution in [3.63, 3.8) is 0 Å². The van der Waals surface area contributed by atoms with Gasteiger partial charge in [-0.1, -0.05) is 12.1 Å². The largest absolute Gasteiger partial charge is 0.362 e. The molecule has 158 valence electrons. The molecule has 2 aromatic rings. The van der Waals surface area contributed by atoms with Crippen LogP contribution < -0.4 is 10.6 Å². The van der Waals surface area contributed by atoms with Crippen LogP contribution in [0.2, 0.25) is 0 Å². The summed E-state index contributed by atoms with van der Waals surface area (Å²) < 4.78 is 13.2. The average molecular weight is 421 g/mol. The summed E-state index contributed by atoms with van der Waals surface area (Å²) in [5.41, 5.74) is 3.25. The standard InChI is InChI=1S/C23H20FN3O4/c1-13-20(23(29)26-16-9-7-15(24)8-10-16)21(14-5-11-17(12-6-14)27(30)31)22-18(25-13)3-2-4-19(22)28/h5-12,21,25H,2-4H2,1H3,(H,26,29)/t21-/m0/s1. The summed E-state index contributed by atoms with van der Waals surface area (Å²) in [4.78, 5) is 36.7. The molecule has 7 nitrogen and oxygen atoms in total. The highest BCUT2D eigenvalue weighted by Crippen LogP contribution is 2.42. The lowest BCUT2D eigenvalue weighted by atomic mass is 9.75. The van der Waals surface area contributed by atoms with Crippen LogP contribution >= 0.6 is 0 Å². The van der Waals surface area contributed by atoms with Crippen molar-refractivity contribution in [2.75, 3.05) is 5.32 Å². The van der Waals surface area contributed by atoms with Gasteiger partial charge in [-0.05, 0) is 49.6 Å². The Hall–Kier alpha value is -3.81. The number of anilines is 1. The lowest BCUT2D eigenvalue weighted by molar-refractivity contribution is -0.384. The number of benzene rings is 2. The van der Waals surface area contributed by atoms with Gasteiger partial charge in [0.25, 0.3) is 11.6 Å². The maximum Gasteiger partial charge on any atom is 0.269 e. The number of dihydropyridines is 1. The Kier molecular flexibility index (Phi) is 5.37. The van der Waals surface area contributed by atoms with E-state index in [9.17, 15) is 24.1 Å². The number of Topliss-reactive ketones (excluding diaryl/α,β-unsaturated/α-hetero) is 1. The maximum atomic E-state index is 13.3. The van der Waals surface area contributed by atoms with Gasteiger partial charge >= 0.3 is 0 Å². The number of hydrogen-bond acceptors (Lipinski definition) is 5. The van der Waals surface area contributed by atoms with Crippen molar-refractivity contribution in [2.24, 2.45) is 0 Å². The smallest absolute Gasteiger partial charge is 0.269 e. The van der Waals surface area contributed by atoms with Crippen molar-refractivity contribution in [3.05, 3.63) is 92.6 Å². The molecule has 31 heavy (non-hydrogen) atoms. The van der Waals surface area contributed by atoms with E-state index in [1.165, 1.54) is 36.4 Å². The minimum atomic E-state index is -0.648. The van der Waals surface area contributed by atoms with E-state index in [-0.39, 0.29) is 11.5 Å². The monoisotopic (exact) mass is 421 g/mol. The van der Waals surface area contributed by atoms with Gasteiger partial charge in [0.1, 0.15) is 5.82 Å². The number of carbonyl (C=O) groups excluding carboxylic acids is 2. The number of nitro benzene ring substituents is 1. The molecule has 8 heteroatoms. The zero-order valence-electron chi connectivity index (χ0n) is 16.8. The van der Waals surface area contributed by atoms with E-state index in [4.69, 9.17) is 0 Å². The number of ketones is 1. The van der Waals surface area contributed by atoms with Crippen molar-refractivity contribution < 1.29 is 18.9 Å². The average Bonchev–Trinajstić information content (AvgIpc) is 2.74. The SMILES string of the molecule is CC1=C(C(=O)Nc2ccc(F)cc2)[C@H](c2ccc([N+](=O)[O-])cc2)C2=C(CCCC2=O)N1. The van der Waals surface area contributed by atoms with Crippen LogP contribution in [0.5, 0.6) is 0 Å². The highest BCUT2D eigenvalue weighted by Gasteiger charge is 2.38. The number of halogens is 1. The predicted molar refractivity (Wildman–Crippen MR) is 113 cm³/mol. The molecular formula is C23H20FN3O4. The summed E-state index contributed by atoms with van der Waals surface area (Å²) in [5, 5.41) is 17.0. The van der Waals surface area contributed by atoms with E-state index < -0.39 is 22.6 Å². The molecule has 0 aromatic heterocycles. The van der Waals surface area contributed by atoms with Crippen molar-refractivity contribution in [2.45, 2.75) is 32.1 Å². The summed E-state index contributed by atoms with van der Waals surface area (Å²) in [5.74, 6) is -1.54. The quantitative estimate of drug-likeness (QED) is 0.565. The third-order valence-electron chi connectivity index (χ3n) is 5.56. The molecule has 0 fully saturated rings. The van der Waals surface area contributed by atoms with E-state index in [1.54, 1.807) is 19.1 Å². The molecule has 1 atom stereocenters. The number of hydrogen-bond donors (Lipinski definition) is 2. The first-order valence-corrected chi connectivity index (χ1v) is 9.90. The van der Waals surface area contributed by atoms with Crippen molar-refractivity contribution in [1.29, 1.82) is 0 Å². The van der Waals surface area contributed by atoms with Gasteiger partial charge in [-0.3, -0.25) is 19.7 Å². The molecule has 1 aliphatic heterocycles. The summed E-state index contributed by atoms with van der Waals surface area (Å²) >= 11 is 0. The normalized spacial score (nSPS) is 18.4. The molecule has 0 bridgehead atoms. The van der Waals surface area contributed by atoms with Crippen LogP contribution in [-0.2, 0) is 9.59 Å². The van der Waals surface area contributed by atoms with Gasteiger partial charge in [-0.25, -0.2) is 4.39 Å². The minimum absolute atomic E-state index is 0.0447. The topological polar surface area (TPSA) is 101 Å². The van der Waals surface area contributed by atoms with Crippen LogP contribution in [0.3, 0.4) is 0 Å². The van der Waals surface area contributed by atoms with E-state index in [1.807, 2.05) is 0 Å². The van der Waals surface area contributed by atoms with Crippen LogP contribution in [0.1, 0.15) is 37.7 Å². The Morgan fingerprint density at radius 1 is 1.13 bits per heavy atom. The maximum absolute atomic E-state index is 13.3. The van der Waals surface area contributed by atoms with Gasteiger partial charge in [0.15, 0.2) is 5.78 Å². The molecule has 1 heterocycles. The zero-order chi connectivity index (χ0) is 22.1. The Morgan fingerprint density at radius 3 is 2.45 bits per heavy atom. The molecule has 0 saturated carbocycles. The second-order valence-electron chi connectivity index (χ2n) is 7.58. The van der Waals surface area contributed by atoms with Crippen LogP contribution in [-0.4, -0.2) is 16.6 Å². The van der Waals surface area contributed by atoms with Crippen molar-refractivity contribution >= 4 is 23.1 Å². The number of rotatable bonds is 4. The second kappa shape index (κ2) is 8.14. The van der Waals surface area contributed by atoms with Gasteiger partial charge in [0, 0.05) is 52.7 Å². The summed E-state index contributed by atoms with van der Waals surface area (Å²) in [6, 6.07) is 11.3. The fraction of sp³-hybridized carbons (Fsp3) is 0.217. The van der Waals surface area contributed by atoms with Crippen LogP contribution in [0, 0.1) is 15.9 Å². The number of nitro groups is 1. The Morgan fingerprint density at radius 2 is 1.81 bits per heavy atom. The summed E-state index contributed by atoms with van der Waals surface area (Å²) in [7, 11) is 0. The van der Waals surface area contributed by atoms with Crippen LogP contribution in [0.4, 0.5) is 15.8 Å². The van der Waals surface area contributed by atoms with Crippen LogP contribution in [0.25, 0.3) is 0 Å². The van der Waals surface area contributed by atoms with E-state index >= 15 is 0 Å². The molecule has 4 rings (SSSR count). The molecule has 0 unspecified atom stereocenters. The van der Waals surface area contributed by atoms with Crippen LogP contribution in [0.15, 0.2) is 71.1 Å². The zero-order valence-corrected chi connectivity index (χ0v) is 16.8. The summed E-state index contributed by atoms with van der Waals surface area (Å²) in [6.45, 7) is 1.76. The molecule has 2 aromatic carbocycles. The van der Waals surface area contributed by atoms with Crippen molar-refractivity contribution in [1.82, 2.24) is 5.32 Å². The first-order chi connectivity index (χ1) is 14.8. The number of non-ortho nitro benzene ring substituents is 1. The highest BCUT2D eigenvalue weighted by molar-refractivity contribution is 6.09. The van der Waals surface area contributed by atoms with E-state index in [2.05, 4.69) is 10.6 Å². The minimum Gasteiger partial charge on any atom is -0.362 e. The van der Waals surface area contributed by atoms with Gasteiger partial charge in [0.2, 0.25) is 0 Å². The Balaban J connectivity index is 1.77. The lowest BCUT2D eigenvalue weighted by Crippen LogP contribution is -2.35. The van der Waals surface area contributed by atoms with E-state index in [0.29, 0.717) is 40.9 Å². The molecule has 0 spiro atoms. The molecule has 2 N–H and O–H groups in total. The first kappa shape index (κ1) is 20.5. The fourth-order valence-corrected chi connectivity index (χ4v) is 4.14. The molecule has 0 saturated heterocycles. The number of nitrogens with zero attached hydrogens (tertiary/aromatic N) is 1. The molecule has 0 radical (unpaired) electrons. The molecule has 1 amide bonds. The number of amides is 1. The number of nitrogens with one attached hydrogen (secondary N) is 2. The fourth-order valence-electron chi connectivity index (χ4n) is 4.14. The first-order valence-electron chi connectivity index (χ1n) is 9.90. The Labute approximate surface area is 177 Å². The van der Waals surface area contributed by atoms with Gasteiger partial charge in [-0.15, -0.1) is 0 Å². The highest BCUT2D eigenvalue weighted by atomic mass is 19.1. The van der Waals surface area contributed by atoms with E-state index in [0.717, 1.165) is 12.1 Å². The summed E-state index contributed by atoms with van der Waals surface area (Å²) in [6.07, 6.45) is 1.80. The number of allylic oxidation sites excluding steroid dienone is 3. The molecular weight excluding hydrogens is 401 g/mol. The van der Waals surface area contributed by atoms with Gasteiger partial charge in [0.05, 0.1) is 4.92 Å². The predicted octanol–water partition coefficient (Wildman–Crippen LogP) is 4.34. The number of carbonyl (C=O) groups is 2. The van der Waals surface area contributed by atoms with Gasteiger partial charge < -0.3 is 10.6 Å². The second-order valence-corrected chi connectivity index (χ2v) is 7.58. The molecule has 1 aliphatic carbocycles. The van der Waals surface area contributed by atoms with Crippen molar-refractivity contribution in [3.8, 4) is 0 Å².